The molecule has 0 saturated carbocycles. The van der Waals surface area contributed by atoms with Gasteiger partial charge in [-0.2, -0.15) is 0 Å². The number of carboxylic acids is 1. The minimum Gasteiger partial charge on any atom is -0.478 e. The SMILES string of the molecule is CCCS(=O)(=O)c1c(C(F)F)ccc(C(=O)O)c1CC. The van der Waals surface area contributed by atoms with Gasteiger partial charge in [-0.05, 0) is 24.5 Å². The van der Waals surface area contributed by atoms with Crippen LogP contribution in [0.3, 0.4) is 0 Å². The molecule has 0 aliphatic heterocycles. The highest BCUT2D eigenvalue weighted by Crippen LogP contribution is 2.32. The van der Waals surface area contributed by atoms with Crippen LogP contribution >= 0.6 is 0 Å². The van der Waals surface area contributed by atoms with Gasteiger partial charge in [-0.3, -0.25) is 0 Å². The largest absolute Gasteiger partial charge is 0.478 e. The number of sulfone groups is 1. The van der Waals surface area contributed by atoms with Crippen molar-refractivity contribution >= 4 is 15.8 Å². The first kappa shape index (κ1) is 16.6. The van der Waals surface area contributed by atoms with Crippen LogP contribution in [-0.2, 0) is 16.3 Å². The van der Waals surface area contributed by atoms with E-state index in [2.05, 4.69) is 0 Å². The molecule has 0 heterocycles. The Kier molecular flexibility index (Phi) is 5.21. The predicted octanol–water partition coefficient (Wildman–Crippen LogP) is 3.07. The summed E-state index contributed by atoms with van der Waals surface area (Å²) in [5, 5.41) is 9.06. The molecule has 0 amide bonds. The normalized spacial score (nSPS) is 11.8. The molecule has 0 spiro atoms. The Morgan fingerprint density at radius 1 is 1.30 bits per heavy atom. The van der Waals surface area contributed by atoms with Crippen LogP contribution < -0.4 is 0 Å². The third kappa shape index (κ3) is 3.15. The quantitative estimate of drug-likeness (QED) is 0.876. The highest BCUT2D eigenvalue weighted by molar-refractivity contribution is 7.91. The Morgan fingerprint density at radius 3 is 2.30 bits per heavy atom. The fourth-order valence-electron chi connectivity index (χ4n) is 2.11. The summed E-state index contributed by atoms with van der Waals surface area (Å²) < 4.78 is 50.4. The van der Waals surface area contributed by atoms with Gasteiger partial charge in [-0.1, -0.05) is 19.9 Å². The summed E-state index contributed by atoms with van der Waals surface area (Å²) in [5.74, 6) is -1.61. The molecule has 0 radical (unpaired) electrons. The fraction of sp³-hybridized carbons (Fsp3) is 0.462. The number of hydrogen-bond acceptors (Lipinski definition) is 3. The second kappa shape index (κ2) is 6.30. The number of alkyl halides is 2. The molecular weight excluding hydrogens is 290 g/mol. The molecule has 0 unspecified atom stereocenters. The van der Waals surface area contributed by atoms with Crippen molar-refractivity contribution in [3.8, 4) is 0 Å². The van der Waals surface area contributed by atoms with Crippen molar-refractivity contribution in [3.05, 3.63) is 28.8 Å². The smallest absolute Gasteiger partial charge is 0.336 e. The lowest BCUT2D eigenvalue weighted by Crippen LogP contribution is -2.15. The lowest BCUT2D eigenvalue weighted by Gasteiger charge is -2.16. The van der Waals surface area contributed by atoms with Crippen molar-refractivity contribution in [3.63, 3.8) is 0 Å². The van der Waals surface area contributed by atoms with Crippen LogP contribution in [0.25, 0.3) is 0 Å². The highest BCUT2D eigenvalue weighted by atomic mass is 32.2. The lowest BCUT2D eigenvalue weighted by molar-refractivity contribution is 0.0694. The molecule has 0 atom stereocenters. The Hall–Kier alpha value is -1.50. The molecule has 1 rings (SSSR count). The van der Waals surface area contributed by atoms with Crippen LogP contribution in [0.5, 0.6) is 0 Å². The molecule has 0 fully saturated rings. The number of benzene rings is 1. The van der Waals surface area contributed by atoms with Crippen molar-refractivity contribution < 1.29 is 27.1 Å². The van der Waals surface area contributed by atoms with E-state index in [4.69, 9.17) is 5.11 Å². The summed E-state index contributed by atoms with van der Waals surface area (Å²) in [6, 6.07) is 1.92. The van der Waals surface area contributed by atoms with Crippen molar-refractivity contribution in [2.24, 2.45) is 0 Å². The molecular formula is C13H16F2O4S. The Labute approximate surface area is 116 Å². The summed E-state index contributed by atoms with van der Waals surface area (Å²) in [6.07, 6.45) is -2.64. The van der Waals surface area contributed by atoms with E-state index in [0.29, 0.717) is 0 Å². The topological polar surface area (TPSA) is 71.4 Å². The molecule has 112 valence electrons. The van der Waals surface area contributed by atoms with E-state index >= 15 is 0 Å². The number of carbonyl (C=O) groups is 1. The van der Waals surface area contributed by atoms with Gasteiger partial charge in [0, 0.05) is 5.56 Å². The van der Waals surface area contributed by atoms with Crippen molar-refractivity contribution in [1.82, 2.24) is 0 Å². The van der Waals surface area contributed by atoms with E-state index in [0.717, 1.165) is 12.1 Å². The summed E-state index contributed by atoms with van der Waals surface area (Å²) in [5.41, 5.74) is -0.921. The zero-order chi connectivity index (χ0) is 15.5. The molecule has 4 nitrogen and oxygen atoms in total. The van der Waals surface area contributed by atoms with Crippen LogP contribution in [0.15, 0.2) is 17.0 Å². The van der Waals surface area contributed by atoms with Crippen LogP contribution in [-0.4, -0.2) is 25.2 Å². The molecule has 1 aromatic carbocycles. The molecule has 0 aliphatic rings. The van der Waals surface area contributed by atoms with Gasteiger partial charge in [0.2, 0.25) is 0 Å². The standard InChI is InChI=1S/C13H16F2O4S/c1-3-7-20(18,19)11-8(4-2)9(13(16)17)5-6-10(11)12(14)15/h5-6,12H,3-4,7H2,1-2H3,(H,16,17). The van der Waals surface area contributed by atoms with Crippen LogP contribution in [0.1, 0.15) is 48.2 Å². The summed E-state index contributed by atoms with van der Waals surface area (Å²) >= 11 is 0. The van der Waals surface area contributed by atoms with Crippen molar-refractivity contribution in [1.29, 1.82) is 0 Å². The Bertz CT molecular complexity index is 609. The fourth-order valence-corrected chi connectivity index (χ4v) is 3.99. The van der Waals surface area contributed by atoms with Crippen LogP contribution in [0, 0.1) is 0 Å². The summed E-state index contributed by atoms with van der Waals surface area (Å²) in [6.45, 7) is 3.16. The lowest BCUT2D eigenvalue weighted by atomic mass is 10.0. The molecule has 0 bridgehead atoms. The number of hydrogen-bond donors (Lipinski definition) is 1. The average molecular weight is 306 g/mol. The average Bonchev–Trinajstić information content (AvgIpc) is 2.36. The van der Waals surface area contributed by atoms with Gasteiger partial charge in [0.1, 0.15) is 0 Å². The minimum absolute atomic E-state index is 0.0521. The van der Waals surface area contributed by atoms with Gasteiger partial charge in [-0.25, -0.2) is 22.0 Å². The third-order valence-corrected chi connectivity index (χ3v) is 4.94. The van der Waals surface area contributed by atoms with E-state index in [1.54, 1.807) is 13.8 Å². The number of halogens is 2. The maximum atomic E-state index is 13.0. The molecule has 7 heteroatoms. The first-order chi connectivity index (χ1) is 9.26. The van der Waals surface area contributed by atoms with E-state index in [1.165, 1.54) is 0 Å². The summed E-state index contributed by atoms with van der Waals surface area (Å²) in [4.78, 5) is 10.6. The zero-order valence-electron chi connectivity index (χ0n) is 11.2. The number of aromatic carboxylic acids is 1. The maximum absolute atomic E-state index is 13.0. The second-order valence-corrected chi connectivity index (χ2v) is 6.33. The van der Waals surface area contributed by atoms with Crippen LogP contribution in [0.4, 0.5) is 8.78 Å². The third-order valence-electron chi connectivity index (χ3n) is 2.89. The molecule has 20 heavy (non-hydrogen) atoms. The number of rotatable bonds is 6. The van der Waals surface area contributed by atoms with E-state index < -0.39 is 32.7 Å². The second-order valence-electron chi connectivity index (χ2n) is 4.29. The predicted molar refractivity (Wildman–Crippen MR) is 70.1 cm³/mol. The maximum Gasteiger partial charge on any atom is 0.336 e. The Morgan fingerprint density at radius 2 is 1.90 bits per heavy atom. The molecule has 0 aromatic heterocycles. The molecule has 1 N–H and O–H groups in total. The summed E-state index contributed by atoms with van der Waals surface area (Å²) in [7, 11) is -3.93. The monoisotopic (exact) mass is 306 g/mol. The van der Waals surface area contributed by atoms with E-state index in [9.17, 15) is 22.0 Å². The first-order valence-corrected chi connectivity index (χ1v) is 7.81. The minimum atomic E-state index is -3.93. The number of carboxylic acid groups (broad SMARTS) is 1. The molecule has 1 aromatic rings. The van der Waals surface area contributed by atoms with Gasteiger partial charge in [0.15, 0.2) is 9.84 Å². The van der Waals surface area contributed by atoms with E-state index in [-0.39, 0.29) is 29.7 Å². The first-order valence-electron chi connectivity index (χ1n) is 6.16. The van der Waals surface area contributed by atoms with Gasteiger partial charge in [0.05, 0.1) is 16.2 Å². The van der Waals surface area contributed by atoms with Crippen molar-refractivity contribution in [2.45, 2.75) is 38.0 Å². The zero-order valence-corrected chi connectivity index (χ0v) is 12.0. The molecule has 0 aliphatic carbocycles. The van der Waals surface area contributed by atoms with Gasteiger partial charge >= 0.3 is 5.97 Å². The van der Waals surface area contributed by atoms with Gasteiger partial charge in [0.25, 0.3) is 6.43 Å². The highest BCUT2D eigenvalue weighted by Gasteiger charge is 2.28. The van der Waals surface area contributed by atoms with Gasteiger partial charge in [-0.15, -0.1) is 0 Å². The van der Waals surface area contributed by atoms with Crippen LogP contribution in [0.2, 0.25) is 0 Å². The Balaban J connectivity index is 3.75. The van der Waals surface area contributed by atoms with Gasteiger partial charge < -0.3 is 5.11 Å². The van der Waals surface area contributed by atoms with E-state index in [1.807, 2.05) is 0 Å². The van der Waals surface area contributed by atoms with Crippen molar-refractivity contribution in [2.75, 3.05) is 5.75 Å². The molecule has 0 saturated heterocycles.